The zero-order valence-corrected chi connectivity index (χ0v) is 20.7. The average molecular weight is 592 g/mol. The van der Waals surface area contributed by atoms with Crippen LogP contribution >= 0.6 is 11.6 Å². The minimum atomic E-state index is -5.06. The van der Waals surface area contributed by atoms with Crippen molar-refractivity contribution >= 4 is 17.6 Å². The Balaban J connectivity index is 1.82. The Morgan fingerprint density at radius 1 is 1.10 bits per heavy atom. The molecule has 1 N–H and O–H groups in total. The van der Waals surface area contributed by atoms with Crippen molar-refractivity contribution in [3.63, 3.8) is 0 Å². The third kappa shape index (κ3) is 5.84. The number of ether oxygens (including phenoxy) is 1. The SMILES string of the molecule is COC(=O)c1nc(Cn2nc(-c3ccc(Cl)cc3)n(CC(O)C(F)(F)F)c2=O)nn1-c1ncccc1C(F)(F)F. The molecule has 0 amide bonds. The summed E-state index contributed by atoms with van der Waals surface area (Å²) < 4.78 is 86.2. The highest BCUT2D eigenvalue weighted by Crippen LogP contribution is 2.33. The number of hydrogen-bond donors (Lipinski definition) is 1. The van der Waals surface area contributed by atoms with E-state index in [2.05, 4.69) is 24.9 Å². The molecule has 0 spiro atoms. The number of methoxy groups -OCH3 is 1. The lowest BCUT2D eigenvalue weighted by atomic mass is 10.2. The van der Waals surface area contributed by atoms with Crippen LogP contribution in [0.2, 0.25) is 5.02 Å². The number of carbonyl (C=O) groups is 1. The second-order valence-corrected chi connectivity index (χ2v) is 8.50. The van der Waals surface area contributed by atoms with E-state index in [0.717, 1.165) is 19.4 Å². The number of carbonyl (C=O) groups excluding carboxylic acids is 1. The molecule has 0 saturated heterocycles. The van der Waals surface area contributed by atoms with Crippen LogP contribution in [-0.2, 0) is 24.0 Å². The zero-order valence-electron chi connectivity index (χ0n) is 20.0. The standard InChI is InChI=1S/C22H16ClF6N7O4/c1-40-19(38)18-31-15(32-36(18)17-13(21(24,25)26)3-2-8-30-17)10-35-20(39)34(9-14(37)22(27,28)29)16(33-35)11-4-6-12(23)7-5-11/h2-8,14,37H,9-10H2,1H3. The highest BCUT2D eigenvalue weighted by atomic mass is 35.5. The van der Waals surface area contributed by atoms with Gasteiger partial charge in [0.15, 0.2) is 23.6 Å². The van der Waals surface area contributed by atoms with E-state index >= 15 is 0 Å². The number of nitrogens with zero attached hydrogens (tertiary/aromatic N) is 7. The number of alkyl halides is 6. The number of aliphatic hydroxyl groups excluding tert-OH is 1. The summed E-state index contributed by atoms with van der Waals surface area (Å²) in [7, 11) is 0.945. The molecule has 18 heteroatoms. The van der Waals surface area contributed by atoms with Gasteiger partial charge in [-0.25, -0.2) is 24.2 Å². The second kappa shape index (κ2) is 10.7. The van der Waals surface area contributed by atoms with Crippen LogP contribution in [0.15, 0.2) is 47.4 Å². The fourth-order valence-electron chi connectivity index (χ4n) is 3.51. The van der Waals surface area contributed by atoms with Gasteiger partial charge in [0.1, 0.15) is 12.1 Å². The molecule has 1 aromatic carbocycles. The van der Waals surface area contributed by atoms with Crippen LogP contribution in [0.3, 0.4) is 0 Å². The Kier molecular flexibility index (Phi) is 7.71. The summed E-state index contributed by atoms with van der Waals surface area (Å²) in [5.74, 6) is -3.45. The van der Waals surface area contributed by atoms with Crippen molar-refractivity contribution in [1.82, 2.24) is 34.1 Å². The number of aliphatic hydroxyl groups is 1. The van der Waals surface area contributed by atoms with Gasteiger partial charge in [-0.1, -0.05) is 11.6 Å². The summed E-state index contributed by atoms with van der Waals surface area (Å²) in [5.41, 5.74) is -2.24. The predicted octanol–water partition coefficient (Wildman–Crippen LogP) is 3.12. The maximum absolute atomic E-state index is 13.6. The van der Waals surface area contributed by atoms with Crippen LogP contribution in [0.1, 0.15) is 22.0 Å². The van der Waals surface area contributed by atoms with Crippen LogP contribution < -0.4 is 5.69 Å². The number of hydrogen-bond acceptors (Lipinski definition) is 8. The Hall–Kier alpha value is -4.25. The fourth-order valence-corrected chi connectivity index (χ4v) is 3.64. The smallest absolute Gasteiger partial charge is 0.420 e. The highest BCUT2D eigenvalue weighted by molar-refractivity contribution is 6.30. The normalized spacial score (nSPS) is 12.9. The van der Waals surface area contributed by atoms with Crippen LogP contribution in [0.5, 0.6) is 0 Å². The molecule has 0 aliphatic heterocycles. The number of halogens is 7. The van der Waals surface area contributed by atoms with Gasteiger partial charge in [0.25, 0.3) is 0 Å². The number of aromatic nitrogens is 7. The summed E-state index contributed by atoms with van der Waals surface area (Å²) in [6.07, 6.45) is -11.9. The largest absolute Gasteiger partial charge is 0.463 e. The first-order valence-corrected chi connectivity index (χ1v) is 11.3. The van der Waals surface area contributed by atoms with Crippen LogP contribution in [0.4, 0.5) is 26.3 Å². The molecular formula is C22H16ClF6N7O4. The molecule has 0 aliphatic carbocycles. The fraction of sp³-hybridized carbons (Fsp3) is 0.273. The number of pyridine rings is 1. The van der Waals surface area contributed by atoms with Gasteiger partial charge in [0.2, 0.25) is 5.82 Å². The van der Waals surface area contributed by atoms with E-state index in [1.807, 2.05) is 0 Å². The number of esters is 1. The first-order chi connectivity index (χ1) is 18.7. The molecule has 0 aliphatic rings. The molecule has 0 fully saturated rings. The first kappa shape index (κ1) is 28.8. The lowest BCUT2D eigenvalue weighted by Gasteiger charge is -2.15. The van der Waals surface area contributed by atoms with Crippen molar-refractivity contribution in [2.75, 3.05) is 7.11 Å². The minimum absolute atomic E-state index is 0.159. The Labute approximate surface area is 224 Å². The maximum atomic E-state index is 13.6. The van der Waals surface area contributed by atoms with E-state index in [4.69, 9.17) is 11.6 Å². The molecule has 40 heavy (non-hydrogen) atoms. The predicted molar refractivity (Wildman–Crippen MR) is 124 cm³/mol. The van der Waals surface area contributed by atoms with Gasteiger partial charge in [-0.15, -0.1) is 10.2 Å². The lowest BCUT2D eigenvalue weighted by molar-refractivity contribution is -0.207. The number of benzene rings is 1. The summed E-state index contributed by atoms with van der Waals surface area (Å²) in [6.45, 7) is -1.92. The van der Waals surface area contributed by atoms with Crippen molar-refractivity contribution in [3.8, 4) is 17.2 Å². The van der Waals surface area contributed by atoms with E-state index in [0.29, 0.717) is 20.0 Å². The van der Waals surface area contributed by atoms with E-state index < -0.39 is 66.2 Å². The molecule has 4 aromatic rings. The molecule has 0 radical (unpaired) electrons. The lowest BCUT2D eigenvalue weighted by Crippen LogP contribution is -2.37. The Morgan fingerprint density at radius 3 is 2.38 bits per heavy atom. The maximum Gasteiger partial charge on any atom is 0.420 e. The van der Waals surface area contributed by atoms with Crippen LogP contribution in [0, 0.1) is 0 Å². The van der Waals surface area contributed by atoms with Crippen molar-refractivity contribution < 1.29 is 41.0 Å². The molecule has 4 rings (SSSR count). The van der Waals surface area contributed by atoms with Gasteiger partial charge >= 0.3 is 24.0 Å². The van der Waals surface area contributed by atoms with Gasteiger partial charge in [0.05, 0.1) is 13.7 Å². The van der Waals surface area contributed by atoms with Gasteiger partial charge < -0.3 is 9.84 Å². The average Bonchev–Trinajstić information content (AvgIpc) is 3.44. The molecule has 3 heterocycles. The van der Waals surface area contributed by atoms with Gasteiger partial charge in [-0.05, 0) is 36.4 Å². The molecule has 11 nitrogen and oxygen atoms in total. The van der Waals surface area contributed by atoms with Gasteiger partial charge in [-0.3, -0.25) is 4.57 Å². The molecule has 3 aromatic heterocycles. The molecule has 1 unspecified atom stereocenters. The van der Waals surface area contributed by atoms with Gasteiger partial charge in [-0.2, -0.15) is 31.0 Å². The first-order valence-electron chi connectivity index (χ1n) is 11.0. The van der Waals surface area contributed by atoms with Crippen molar-refractivity contribution in [3.05, 3.63) is 75.3 Å². The molecule has 212 valence electrons. The van der Waals surface area contributed by atoms with Crippen LogP contribution in [-0.4, -0.2) is 64.6 Å². The van der Waals surface area contributed by atoms with E-state index in [9.17, 15) is 41.0 Å². The van der Waals surface area contributed by atoms with Crippen LogP contribution in [0.25, 0.3) is 17.2 Å². The van der Waals surface area contributed by atoms with E-state index in [1.54, 1.807) is 0 Å². The third-order valence-corrected chi connectivity index (χ3v) is 5.61. The summed E-state index contributed by atoms with van der Waals surface area (Å²) in [5, 5.41) is 17.8. The molecule has 1 atom stereocenters. The highest BCUT2D eigenvalue weighted by Gasteiger charge is 2.40. The second-order valence-electron chi connectivity index (χ2n) is 8.07. The zero-order chi connectivity index (χ0) is 29.4. The van der Waals surface area contributed by atoms with E-state index in [-0.39, 0.29) is 16.4 Å². The van der Waals surface area contributed by atoms with Crippen molar-refractivity contribution in [2.45, 2.75) is 31.5 Å². The summed E-state index contributed by atoms with van der Waals surface area (Å²) >= 11 is 5.86. The summed E-state index contributed by atoms with van der Waals surface area (Å²) in [4.78, 5) is 32.9. The molecule has 0 bridgehead atoms. The van der Waals surface area contributed by atoms with E-state index in [1.165, 1.54) is 24.3 Å². The summed E-state index contributed by atoms with van der Waals surface area (Å²) in [6, 6.07) is 7.23. The minimum Gasteiger partial charge on any atom is -0.463 e. The van der Waals surface area contributed by atoms with Crippen molar-refractivity contribution in [1.29, 1.82) is 0 Å². The quantitative estimate of drug-likeness (QED) is 0.256. The third-order valence-electron chi connectivity index (χ3n) is 5.36. The molecule has 0 saturated carbocycles. The van der Waals surface area contributed by atoms with Gasteiger partial charge in [0, 0.05) is 16.8 Å². The Morgan fingerprint density at radius 2 is 1.77 bits per heavy atom. The number of rotatable bonds is 7. The van der Waals surface area contributed by atoms with Crippen molar-refractivity contribution in [2.24, 2.45) is 0 Å². The Bertz CT molecular complexity index is 1590. The molecular weight excluding hydrogens is 576 g/mol. The monoisotopic (exact) mass is 591 g/mol. The topological polar surface area (TPSA) is 130 Å².